The van der Waals surface area contributed by atoms with Gasteiger partial charge in [-0.25, -0.2) is 0 Å². The molecule has 0 spiro atoms. The highest BCUT2D eigenvalue weighted by atomic mass is 15.2. The van der Waals surface area contributed by atoms with Gasteiger partial charge in [0.1, 0.15) is 0 Å². The summed E-state index contributed by atoms with van der Waals surface area (Å²) < 4.78 is 2.03. The van der Waals surface area contributed by atoms with Gasteiger partial charge in [-0.05, 0) is 17.1 Å². The van der Waals surface area contributed by atoms with E-state index in [1.54, 1.807) is 0 Å². The van der Waals surface area contributed by atoms with E-state index in [2.05, 4.69) is 45.1 Å². The molecule has 0 aliphatic heterocycles. The number of rotatable bonds is 3. The summed E-state index contributed by atoms with van der Waals surface area (Å²) in [6, 6.07) is 2.08. The smallest absolute Gasteiger partial charge is 0.0907 e. The largest absolute Gasteiger partial charge is 0.199 e. The van der Waals surface area contributed by atoms with Crippen molar-refractivity contribution in [2.24, 2.45) is 5.92 Å². The predicted octanol–water partition coefficient (Wildman–Crippen LogP) is 2.15. The summed E-state index contributed by atoms with van der Waals surface area (Å²) in [4.78, 5) is 0. The third-order valence-corrected chi connectivity index (χ3v) is 2.00. The van der Waals surface area contributed by atoms with E-state index in [0.29, 0.717) is 11.8 Å². The lowest BCUT2D eigenvalue weighted by atomic mass is 10.1. The quantitative estimate of drug-likeness (QED) is 0.650. The number of hydrogen-bond donors (Lipinski definition) is 0. The topological polar surface area (TPSA) is 16.8 Å². The summed E-state index contributed by atoms with van der Waals surface area (Å²) in [5, 5.41) is 4.28. The maximum Gasteiger partial charge on any atom is 0.199 e. The molecule has 0 saturated carbocycles. The van der Waals surface area contributed by atoms with Crippen LogP contribution in [-0.2, 0) is 6.54 Å². The average Bonchev–Trinajstić information content (AvgIpc) is 2.03. The summed E-state index contributed by atoms with van der Waals surface area (Å²) in [5.41, 5.74) is 1.36. The molecule has 2 heteroatoms. The fourth-order valence-corrected chi connectivity index (χ4v) is 1.27. The van der Waals surface area contributed by atoms with Gasteiger partial charge in [0.05, 0.1) is 6.20 Å². The molecule has 0 atom stereocenters. The SMILES string of the molecule is CC(C)C[n+]1cc(C(C)C)ccn1. The van der Waals surface area contributed by atoms with Crippen molar-refractivity contribution < 1.29 is 4.68 Å². The van der Waals surface area contributed by atoms with Crippen molar-refractivity contribution in [1.82, 2.24) is 5.10 Å². The highest BCUT2D eigenvalue weighted by Gasteiger charge is 2.08. The summed E-state index contributed by atoms with van der Waals surface area (Å²) in [6.45, 7) is 9.82. The van der Waals surface area contributed by atoms with E-state index < -0.39 is 0 Å². The van der Waals surface area contributed by atoms with Crippen molar-refractivity contribution in [2.75, 3.05) is 0 Å². The zero-order chi connectivity index (χ0) is 9.84. The van der Waals surface area contributed by atoms with E-state index in [9.17, 15) is 0 Å². The lowest BCUT2D eigenvalue weighted by Crippen LogP contribution is -2.40. The van der Waals surface area contributed by atoms with Gasteiger partial charge in [0.15, 0.2) is 12.7 Å². The molecule has 2 nitrogen and oxygen atoms in total. The molecule has 0 amide bonds. The predicted molar refractivity (Wildman–Crippen MR) is 53.4 cm³/mol. The minimum absolute atomic E-state index is 0.585. The molecule has 0 radical (unpaired) electrons. The molecule has 0 aliphatic carbocycles. The van der Waals surface area contributed by atoms with E-state index in [1.165, 1.54) is 5.56 Å². The highest BCUT2D eigenvalue weighted by Crippen LogP contribution is 2.09. The summed E-state index contributed by atoms with van der Waals surface area (Å²) in [7, 11) is 0. The van der Waals surface area contributed by atoms with Gasteiger partial charge >= 0.3 is 0 Å². The van der Waals surface area contributed by atoms with E-state index in [1.807, 2.05) is 10.9 Å². The van der Waals surface area contributed by atoms with Crippen molar-refractivity contribution >= 4 is 0 Å². The molecule has 1 heterocycles. The lowest BCUT2D eigenvalue weighted by molar-refractivity contribution is -0.759. The first-order valence-corrected chi connectivity index (χ1v) is 4.95. The van der Waals surface area contributed by atoms with Gasteiger partial charge in [-0.1, -0.05) is 32.4 Å². The molecule has 1 rings (SSSR count). The molecule has 0 unspecified atom stereocenters. The van der Waals surface area contributed by atoms with E-state index >= 15 is 0 Å². The molecular formula is C11H19N2+. The Kier molecular flexibility index (Phi) is 3.40. The van der Waals surface area contributed by atoms with Crippen molar-refractivity contribution in [3.63, 3.8) is 0 Å². The molecular weight excluding hydrogens is 160 g/mol. The molecule has 0 aliphatic rings. The first kappa shape index (κ1) is 10.2. The molecule has 0 bridgehead atoms. The third-order valence-electron chi connectivity index (χ3n) is 2.00. The Hall–Kier alpha value is -0.920. The molecule has 0 saturated heterocycles. The van der Waals surface area contributed by atoms with Crippen LogP contribution in [0.15, 0.2) is 18.5 Å². The molecule has 0 N–H and O–H groups in total. The Labute approximate surface area is 80.6 Å². The molecule has 13 heavy (non-hydrogen) atoms. The van der Waals surface area contributed by atoms with Gasteiger partial charge in [0, 0.05) is 11.5 Å². The van der Waals surface area contributed by atoms with Crippen LogP contribution in [0.5, 0.6) is 0 Å². The van der Waals surface area contributed by atoms with Gasteiger partial charge in [0.25, 0.3) is 0 Å². The van der Waals surface area contributed by atoms with Crippen LogP contribution in [0.4, 0.5) is 0 Å². The maximum absolute atomic E-state index is 4.28. The van der Waals surface area contributed by atoms with Gasteiger partial charge in [0.2, 0.25) is 0 Å². The lowest BCUT2D eigenvalue weighted by Gasteiger charge is -2.03. The summed E-state index contributed by atoms with van der Waals surface area (Å²) in [6.07, 6.45) is 4.03. The second-order valence-electron chi connectivity index (χ2n) is 4.23. The Balaban J connectivity index is 2.79. The van der Waals surface area contributed by atoms with Crippen LogP contribution in [0.1, 0.15) is 39.2 Å². The fourth-order valence-electron chi connectivity index (χ4n) is 1.27. The second kappa shape index (κ2) is 4.35. The fraction of sp³-hybridized carbons (Fsp3) is 0.636. The summed E-state index contributed by atoms with van der Waals surface area (Å²) >= 11 is 0. The van der Waals surface area contributed by atoms with Crippen molar-refractivity contribution in [2.45, 2.75) is 40.2 Å². The van der Waals surface area contributed by atoms with Gasteiger partial charge in [-0.3, -0.25) is 0 Å². The van der Waals surface area contributed by atoms with E-state index in [4.69, 9.17) is 0 Å². The van der Waals surface area contributed by atoms with Crippen LogP contribution in [0.25, 0.3) is 0 Å². The third kappa shape index (κ3) is 3.13. The first-order valence-electron chi connectivity index (χ1n) is 4.95. The van der Waals surface area contributed by atoms with Crippen LogP contribution in [0.2, 0.25) is 0 Å². The zero-order valence-corrected chi connectivity index (χ0v) is 8.99. The number of nitrogens with zero attached hydrogens (tertiary/aromatic N) is 2. The maximum atomic E-state index is 4.28. The number of aromatic nitrogens is 2. The van der Waals surface area contributed by atoms with Gasteiger partial charge < -0.3 is 0 Å². The average molecular weight is 179 g/mol. The molecule has 72 valence electrons. The Morgan fingerprint density at radius 1 is 1.31 bits per heavy atom. The normalized spacial score (nSPS) is 11.2. The Morgan fingerprint density at radius 3 is 2.54 bits per heavy atom. The van der Waals surface area contributed by atoms with Crippen molar-refractivity contribution in [3.05, 3.63) is 24.0 Å². The number of hydrogen-bond acceptors (Lipinski definition) is 1. The van der Waals surface area contributed by atoms with Crippen LogP contribution < -0.4 is 4.68 Å². The van der Waals surface area contributed by atoms with Crippen LogP contribution >= 0.6 is 0 Å². The van der Waals surface area contributed by atoms with Crippen molar-refractivity contribution in [3.8, 4) is 0 Å². The molecule has 1 aromatic heterocycles. The van der Waals surface area contributed by atoms with Gasteiger partial charge in [-0.2, -0.15) is 0 Å². The summed E-state index contributed by atoms with van der Waals surface area (Å²) in [5.74, 6) is 1.24. The minimum atomic E-state index is 0.585. The monoisotopic (exact) mass is 179 g/mol. The Bertz CT molecular complexity index is 267. The Morgan fingerprint density at radius 2 is 2.00 bits per heavy atom. The molecule has 1 aromatic rings. The zero-order valence-electron chi connectivity index (χ0n) is 8.99. The molecule has 0 fully saturated rings. The van der Waals surface area contributed by atoms with Gasteiger partial charge in [-0.15, -0.1) is 0 Å². The van der Waals surface area contributed by atoms with Crippen LogP contribution in [0, 0.1) is 5.92 Å². The minimum Gasteiger partial charge on any atom is -0.0907 e. The van der Waals surface area contributed by atoms with Crippen molar-refractivity contribution in [1.29, 1.82) is 0 Å². The van der Waals surface area contributed by atoms with Crippen LogP contribution in [0.3, 0.4) is 0 Å². The first-order chi connectivity index (χ1) is 6.09. The highest BCUT2D eigenvalue weighted by molar-refractivity contribution is 5.07. The standard InChI is InChI=1S/C11H19N2/c1-9(2)7-13-8-11(10(3)4)5-6-12-13/h5-6,8-10H,7H2,1-4H3/q+1. The van der Waals surface area contributed by atoms with E-state index in [-0.39, 0.29) is 0 Å². The second-order valence-corrected chi connectivity index (χ2v) is 4.23. The van der Waals surface area contributed by atoms with Crippen LogP contribution in [-0.4, -0.2) is 5.10 Å². The van der Waals surface area contributed by atoms with E-state index in [0.717, 1.165) is 6.54 Å². The molecule has 0 aromatic carbocycles.